The number of benzene rings is 2. The van der Waals surface area contributed by atoms with E-state index in [0.29, 0.717) is 36.1 Å². The summed E-state index contributed by atoms with van der Waals surface area (Å²) in [6.45, 7) is 5.84. The summed E-state index contributed by atoms with van der Waals surface area (Å²) in [4.78, 5) is 28.2. The van der Waals surface area contributed by atoms with Gasteiger partial charge >= 0.3 is 0 Å². The predicted octanol–water partition coefficient (Wildman–Crippen LogP) is 4.40. The number of fused-ring (bicyclic) bond motifs is 1. The molecule has 1 aromatic heterocycles. The van der Waals surface area contributed by atoms with E-state index in [4.69, 9.17) is 9.26 Å². The molecule has 178 valence electrons. The molecule has 2 aliphatic rings. The second-order valence-corrected chi connectivity index (χ2v) is 9.57. The molecule has 2 heterocycles. The van der Waals surface area contributed by atoms with Crippen LogP contribution in [0.4, 0.5) is 0 Å². The van der Waals surface area contributed by atoms with Gasteiger partial charge in [0, 0.05) is 19.6 Å². The maximum absolute atomic E-state index is 13.7. The fourth-order valence-electron chi connectivity index (χ4n) is 4.62. The summed E-state index contributed by atoms with van der Waals surface area (Å²) in [5, 5.41) is 9.06. The van der Waals surface area contributed by atoms with Crippen LogP contribution in [0.2, 0.25) is 0 Å². The van der Waals surface area contributed by atoms with Gasteiger partial charge < -0.3 is 19.5 Å². The van der Waals surface area contributed by atoms with E-state index < -0.39 is 0 Å². The third-order valence-corrected chi connectivity index (χ3v) is 6.97. The highest BCUT2D eigenvalue weighted by Gasteiger charge is 2.31. The third-order valence-electron chi connectivity index (χ3n) is 6.97. The van der Waals surface area contributed by atoms with Crippen molar-refractivity contribution >= 4 is 22.6 Å². The molecule has 7 nitrogen and oxygen atoms in total. The maximum atomic E-state index is 13.7. The Hall–Kier alpha value is -3.35. The Balaban J connectivity index is 1.37. The quantitative estimate of drug-likeness (QED) is 0.564. The molecule has 0 spiro atoms. The van der Waals surface area contributed by atoms with E-state index in [-0.39, 0.29) is 24.3 Å². The number of amides is 2. The number of nitrogens with one attached hydrogen (secondary N) is 1. The first kappa shape index (κ1) is 22.4. The number of aryl methyl sites for hydroxylation is 2. The number of likely N-dealkylation sites (tertiary alicyclic amines) is 1. The Bertz CT molecular complexity index is 1190. The van der Waals surface area contributed by atoms with Crippen LogP contribution in [0.3, 0.4) is 0 Å². The second-order valence-electron chi connectivity index (χ2n) is 9.57. The number of carbonyl (C=O) groups excluding carboxylic acids is 2. The Kier molecular flexibility index (Phi) is 6.26. The lowest BCUT2D eigenvalue weighted by molar-refractivity contribution is -0.126. The zero-order valence-corrected chi connectivity index (χ0v) is 19.8. The average Bonchev–Trinajstić information content (AvgIpc) is 3.64. The highest BCUT2D eigenvalue weighted by Crippen LogP contribution is 2.31. The smallest absolute Gasteiger partial charge is 0.257 e. The number of piperidine rings is 1. The van der Waals surface area contributed by atoms with Crippen LogP contribution in [0, 0.1) is 25.7 Å². The van der Waals surface area contributed by atoms with Crippen molar-refractivity contribution in [3.05, 3.63) is 59.0 Å². The van der Waals surface area contributed by atoms with Crippen molar-refractivity contribution in [3.63, 3.8) is 0 Å². The fourth-order valence-corrected chi connectivity index (χ4v) is 4.62. The van der Waals surface area contributed by atoms with Gasteiger partial charge in [0.05, 0.1) is 22.7 Å². The van der Waals surface area contributed by atoms with E-state index in [1.807, 2.05) is 50.2 Å². The lowest BCUT2D eigenvalue weighted by Gasteiger charge is -2.32. The largest absolute Gasteiger partial charge is 0.488 e. The molecule has 3 aromatic rings. The molecule has 2 fully saturated rings. The van der Waals surface area contributed by atoms with Gasteiger partial charge in [-0.05, 0) is 68.4 Å². The Morgan fingerprint density at radius 1 is 1.15 bits per heavy atom. The van der Waals surface area contributed by atoms with Gasteiger partial charge in [0.2, 0.25) is 5.91 Å². The summed E-state index contributed by atoms with van der Waals surface area (Å²) in [7, 11) is 0. The van der Waals surface area contributed by atoms with Crippen LogP contribution in [0.25, 0.3) is 10.8 Å². The van der Waals surface area contributed by atoms with Gasteiger partial charge in [-0.25, -0.2) is 0 Å². The monoisotopic (exact) mass is 461 g/mol. The predicted molar refractivity (Wildman–Crippen MR) is 129 cm³/mol. The van der Waals surface area contributed by atoms with Crippen molar-refractivity contribution in [2.24, 2.45) is 11.8 Å². The summed E-state index contributed by atoms with van der Waals surface area (Å²) in [5.74, 6) is 1.69. The molecule has 5 rings (SSSR count). The number of nitrogens with zero attached hydrogens (tertiary/aromatic N) is 2. The molecule has 0 radical (unpaired) electrons. The number of rotatable bonds is 7. The molecule has 2 amide bonds. The summed E-state index contributed by atoms with van der Waals surface area (Å²) in [6.07, 6.45) is 4.03. The molecule has 0 bridgehead atoms. The molecule has 1 aliphatic carbocycles. The van der Waals surface area contributed by atoms with Gasteiger partial charge in [0.15, 0.2) is 0 Å². The van der Waals surface area contributed by atoms with Crippen molar-refractivity contribution in [3.8, 4) is 5.75 Å². The lowest BCUT2D eigenvalue weighted by atomic mass is 9.96. The van der Waals surface area contributed by atoms with Crippen LogP contribution in [-0.2, 0) is 11.4 Å². The van der Waals surface area contributed by atoms with Crippen LogP contribution >= 0.6 is 0 Å². The summed E-state index contributed by atoms with van der Waals surface area (Å²) >= 11 is 0. The van der Waals surface area contributed by atoms with E-state index in [1.165, 1.54) is 12.8 Å². The molecule has 7 heteroatoms. The minimum absolute atomic E-state index is 0.0674. The van der Waals surface area contributed by atoms with Crippen molar-refractivity contribution in [2.45, 2.75) is 46.1 Å². The molecule has 34 heavy (non-hydrogen) atoms. The van der Waals surface area contributed by atoms with Crippen LogP contribution in [0.5, 0.6) is 5.75 Å². The molecule has 1 aliphatic heterocycles. The Labute approximate surface area is 199 Å². The Morgan fingerprint density at radius 3 is 2.62 bits per heavy atom. The summed E-state index contributed by atoms with van der Waals surface area (Å²) in [6, 6.07) is 11.8. The maximum Gasteiger partial charge on any atom is 0.257 e. The molecule has 1 saturated carbocycles. The minimum atomic E-state index is -0.163. The zero-order valence-electron chi connectivity index (χ0n) is 19.8. The highest BCUT2D eigenvalue weighted by molar-refractivity contribution is 6.02. The lowest BCUT2D eigenvalue weighted by Crippen LogP contribution is -2.45. The van der Waals surface area contributed by atoms with E-state index in [1.54, 1.807) is 4.90 Å². The van der Waals surface area contributed by atoms with E-state index >= 15 is 0 Å². The van der Waals surface area contributed by atoms with Gasteiger partial charge in [0.1, 0.15) is 18.1 Å². The van der Waals surface area contributed by atoms with Crippen molar-refractivity contribution in [1.29, 1.82) is 0 Å². The van der Waals surface area contributed by atoms with Gasteiger partial charge in [-0.15, -0.1) is 0 Å². The molecular formula is C27H31N3O4. The zero-order chi connectivity index (χ0) is 23.7. The van der Waals surface area contributed by atoms with Gasteiger partial charge in [0.25, 0.3) is 5.91 Å². The SMILES string of the molecule is Cc1noc(C)c1COc1cc2ccccc2cc1C(=O)N1CCCC(C(=O)NCC2CC2)C1. The van der Waals surface area contributed by atoms with E-state index in [9.17, 15) is 9.59 Å². The molecular weight excluding hydrogens is 430 g/mol. The van der Waals surface area contributed by atoms with Crippen LogP contribution in [-0.4, -0.2) is 41.5 Å². The first-order valence-corrected chi connectivity index (χ1v) is 12.1. The van der Waals surface area contributed by atoms with Crippen molar-refractivity contribution in [1.82, 2.24) is 15.4 Å². The van der Waals surface area contributed by atoms with E-state index in [0.717, 1.165) is 41.4 Å². The standard InChI is InChI=1S/C27H31N3O4/c1-17-24(18(2)34-29-17)16-33-25-13-21-7-4-3-6-20(21)12-23(25)27(32)30-11-5-8-22(15-30)26(31)28-14-19-9-10-19/h3-4,6-7,12-13,19,22H,5,8-11,14-16H2,1-2H3,(H,28,31). The van der Waals surface area contributed by atoms with Crippen LogP contribution in [0.1, 0.15) is 53.1 Å². The second kappa shape index (κ2) is 9.49. The fraction of sp³-hybridized carbons (Fsp3) is 0.444. The number of ether oxygens (including phenoxy) is 1. The number of aromatic nitrogens is 1. The summed E-state index contributed by atoms with van der Waals surface area (Å²) < 4.78 is 11.4. The van der Waals surface area contributed by atoms with Gasteiger partial charge in [-0.3, -0.25) is 9.59 Å². The number of hydrogen-bond acceptors (Lipinski definition) is 5. The highest BCUT2D eigenvalue weighted by atomic mass is 16.5. The molecule has 1 unspecified atom stereocenters. The topological polar surface area (TPSA) is 84.7 Å². The minimum Gasteiger partial charge on any atom is -0.488 e. The van der Waals surface area contributed by atoms with Crippen molar-refractivity contribution in [2.75, 3.05) is 19.6 Å². The molecule has 1 N–H and O–H groups in total. The van der Waals surface area contributed by atoms with Crippen LogP contribution in [0.15, 0.2) is 40.9 Å². The first-order chi connectivity index (χ1) is 16.5. The number of hydrogen-bond donors (Lipinski definition) is 1. The average molecular weight is 462 g/mol. The Morgan fingerprint density at radius 2 is 1.91 bits per heavy atom. The third kappa shape index (κ3) is 4.79. The van der Waals surface area contributed by atoms with Gasteiger partial charge in [-0.2, -0.15) is 0 Å². The van der Waals surface area contributed by atoms with Crippen molar-refractivity contribution < 1.29 is 18.8 Å². The molecule has 1 atom stereocenters. The van der Waals surface area contributed by atoms with E-state index in [2.05, 4.69) is 10.5 Å². The summed E-state index contributed by atoms with van der Waals surface area (Å²) in [5.41, 5.74) is 2.18. The number of carbonyl (C=O) groups is 2. The normalized spacial score (nSPS) is 18.2. The van der Waals surface area contributed by atoms with Gasteiger partial charge in [-0.1, -0.05) is 29.4 Å². The van der Waals surface area contributed by atoms with Crippen LogP contribution < -0.4 is 10.1 Å². The first-order valence-electron chi connectivity index (χ1n) is 12.1. The molecule has 2 aromatic carbocycles. The molecule has 1 saturated heterocycles.